The number of rotatable bonds is 7. The van der Waals surface area contributed by atoms with Crippen LogP contribution in [0.1, 0.15) is 47.9 Å². The SMILES string of the molecule is CCC(C)c1ccc(NC(N)=NCc2ccc(NC(=O)c3ccco3)cc2)cc1.I. The van der Waals surface area contributed by atoms with Gasteiger partial charge in [0.05, 0.1) is 12.8 Å². The average Bonchev–Trinajstić information content (AvgIpc) is 3.28. The number of nitrogens with one attached hydrogen (secondary N) is 2. The second kappa shape index (κ2) is 11.4. The van der Waals surface area contributed by atoms with Gasteiger partial charge < -0.3 is 20.8 Å². The van der Waals surface area contributed by atoms with Gasteiger partial charge in [0.2, 0.25) is 0 Å². The molecule has 7 heteroatoms. The Morgan fingerprint density at radius 1 is 1.03 bits per heavy atom. The van der Waals surface area contributed by atoms with Gasteiger partial charge in [0.25, 0.3) is 5.91 Å². The maximum Gasteiger partial charge on any atom is 0.291 e. The Balaban J connectivity index is 0.00000320. The van der Waals surface area contributed by atoms with Crippen LogP contribution in [0.3, 0.4) is 0 Å². The van der Waals surface area contributed by atoms with Crippen LogP contribution < -0.4 is 16.4 Å². The zero-order valence-corrected chi connectivity index (χ0v) is 19.4. The fourth-order valence-corrected chi connectivity index (χ4v) is 2.79. The predicted octanol–water partition coefficient (Wildman–Crippen LogP) is 5.59. The van der Waals surface area contributed by atoms with Crippen LogP contribution in [0, 0.1) is 0 Å². The van der Waals surface area contributed by atoms with Crippen molar-refractivity contribution in [3.63, 3.8) is 0 Å². The second-order valence-electron chi connectivity index (χ2n) is 6.89. The molecule has 0 saturated heterocycles. The molecule has 0 aliphatic heterocycles. The van der Waals surface area contributed by atoms with Crippen molar-refractivity contribution in [2.24, 2.45) is 10.7 Å². The van der Waals surface area contributed by atoms with Gasteiger partial charge in [-0.2, -0.15) is 0 Å². The summed E-state index contributed by atoms with van der Waals surface area (Å²) in [6, 6.07) is 19.0. The van der Waals surface area contributed by atoms with Gasteiger partial charge in [-0.1, -0.05) is 38.1 Å². The summed E-state index contributed by atoms with van der Waals surface area (Å²) in [7, 11) is 0. The minimum Gasteiger partial charge on any atom is -0.459 e. The molecule has 1 aromatic heterocycles. The first-order chi connectivity index (χ1) is 14.0. The van der Waals surface area contributed by atoms with Gasteiger partial charge in [-0.05, 0) is 59.9 Å². The monoisotopic (exact) mass is 518 g/mol. The van der Waals surface area contributed by atoms with E-state index < -0.39 is 0 Å². The zero-order chi connectivity index (χ0) is 20.6. The number of nitrogens with zero attached hydrogens (tertiary/aromatic N) is 1. The van der Waals surface area contributed by atoms with Gasteiger partial charge in [-0.3, -0.25) is 4.79 Å². The van der Waals surface area contributed by atoms with Crippen LogP contribution >= 0.6 is 24.0 Å². The number of carbonyl (C=O) groups excluding carboxylic acids is 1. The van der Waals surface area contributed by atoms with Crippen LogP contribution in [0.5, 0.6) is 0 Å². The van der Waals surface area contributed by atoms with E-state index in [0.29, 0.717) is 24.1 Å². The third kappa shape index (κ3) is 6.62. The Kier molecular flexibility index (Phi) is 8.91. The van der Waals surface area contributed by atoms with Gasteiger partial charge in [0, 0.05) is 11.4 Å². The van der Waals surface area contributed by atoms with E-state index in [1.807, 2.05) is 36.4 Å². The molecule has 1 amide bonds. The molecule has 158 valence electrons. The van der Waals surface area contributed by atoms with E-state index in [4.69, 9.17) is 10.2 Å². The minimum absolute atomic E-state index is 0. The molecule has 1 unspecified atom stereocenters. The van der Waals surface area contributed by atoms with Gasteiger partial charge in [-0.15, -0.1) is 24.0 Å². The van der Waals surface area contributed by atoms with Crippen molar-refractivity contribution in [3.8, 4) is 0 Å². The Hall–Kier alpha value is -2.81. The summed E-state index contributed by atoms with van der Waals surface area (Å²) in [6.45, 7) is 4.84. The van der Waals surface area contributed by atoms with Crippen LogP contribution in [0.2, 0.25) is 0 Å². The van der Waals surface area contributed by atoms with Crippen molar-refractivity contribution in [1.82, 2.24) is 0 Å². The second-order valence-corrected chi connectivity index (χ2v) is 6.89. The quantitative estimate of drug-likeness (QED) is 0.216. The van der Waals surface area contributed by atoms with Crippen molar-refractivity contribution in [2.45, 2.75) is 32.7 Å². The maximum atomic E-state index is 12.0. The minimum atomic E-state index is -0.284. The number of hydrogen-bond donors (Lipinski definition) is 3. The molecule has 0 aliphatic rings. The molecule has 0 radical (unpaired) electrons. The van der Waals surface area contributed by atoms with Crippen LogP contribution in [-0.4, -0.2) is 11.9 Å². The topological polar surface area (TPSA) is 92.6 Å². The highest BCUT2D eigenvalue weighted by Gasteiger charge is 2.08. The molecule has 1 atom stereocenters. The van der Waals surface area contributed by atoms with Crippen molar-refractivity contribution in [3.05, 3.63) is 83.8 Å². The summed E-state index contributed by atoms with van der Waals surface area (Å²) in [5.41, 5.74) is 9.89. The Labute approximate surface area is 194 Å². The number of nitrogens with two attached hydrogens (primary N) is 1. The van der Waals surface area contributed by atoms with E-state index in [1.165, 1.54) is 11.8 Å². The lowest BCUT2D eigenvalue weighted by Gasteiger charge is -2.11. The maximum absolute atomic E-state index is 12.0. The number of guanidine groups is 1. The first-order valence-electron chi connectivity index (χ1n) is 9.66. The molecule has 0 fully saturated rings. The molecule has 3 aromatic rings. The lowest BCUT2D eigenvalue weighted by Crippen LogP contribution is -2.22. The highest BCUT2D eigenvalue weighted by atomic mass is 127. The van der Waals surface area contributed by atoms with Gasteiger partial charge in [0.15, 0.2) is 11.7 Å². The number of carbonyl (C=O) groups is 1. The molecular formula is C23H27IN4O2. The summed E-state index contributed by atoms with van der Waals surface area (Å²) < 4.78 is 5.08. The van der Waals surface area contributed by atoms with Crippen molar-refractivity contribution in [1.29, 1.82) is 0 Å². The van der Waals surface area contributed by atoms with E-state index >= 15 is 0 Å². The lowest BCUT2D eigenvalue weighted by molar-refractivity contribution is 0.0996. The Morgan fingerprint density at radius 2 is 1.67 bits per heavy atom. The number of amides is 1. The molecule has 3 rings (SSSR count). The molecular weight excluding hydrogens is 491 g/mol. The van der Waals surface area contributed by atoms with Crippen LogP contribution in [0.4, 0.5) is 11.4 Å². The fraction of sp³-hybridized carbons (Fsp3) is 0.217. The predicted molar refractivity (Wildman–Crippen MR) is 133 cm³/mol. The van der Waals surface area contributed by atoms with Crippen LogP contribution in [0.15, 0.2) is 76.3 Å². The molecule has 0 spiro atoms. The Bertz CT molecular complexity index is 952. The molecule has 2 aromatic carbocycles. The van der Waals surface area contributed by atoms with E-state index in [9.17, 15) is 4.79 Å². The first kappa shape index (κ1) is 23.5. The molecule has 6 nitrogen and oxygen atoms in total. The summed E-state index contributed by atoms with van der Waals surface area (Å²) >= 11 is 0. The van der Waals surface area contributed by atoms with Crippen molar-refractivity contribution >= 4 is 47.2 Å². The molecule has 0 aliphatic carbocycles. The van der Waals surface area contributed by atoms with E-state index in [1.54, 1.807) is 12.1 Å². The number of halogens is 1. The van der Waals surface area contributed by atoms with E-state index in [-0.39, 0.29) is 35.6 Å². The van der Waals surface area contributed by atoms with Crippen molar-refractivity contribution < 1.29 is 9.21 Å². The van der Waals surface area contributed by atoms with Gasteiger partial charge in [-0.25, -0.2) is 4.99 Å². The smallest absolute Gasteiger partial charge is 0.291 e. The Morgan fingerprint density at radius 3 is 2.27 bits per heavy atom. The number of anilines is 2. The number of hydrogen-bond acceptors (Lipinski definition) is 3. The summed E-state index contributed by atoms with van der Waals surface area (Å²) in [5, 5.41) is 5.89. The lowest BCUT2D eigenvalue weighted by atomic mass is 9.99. The molecule has 1 heterocycles. The molecule has 30 heavy (non-hydrogen) atoms. The van der Waals surface area contributed by atoms with Crippen LogP contribution in [0.25, 0.3) is 0 Å². The number of furan rings is 1. The molecule has 0 saturated carbocycles. The largest absolute Gasteiger partial charge is 0.459 e. The molecule has 0 bridgehead atoms. The standard InChI is InChI=1S/C23H26N4O2.HI/c1-3-16(2)18-8-12-20(13-9-18)27-23(24)25-15-17-6-10-19(11-7-17)26-22(28)21-5-4-14-29-21;/h4-14,16H,3,15H2,1-2H3,(H,26,28)(H3,24,25,27);1H. The summed E-state index contributed by atoms with van der Waals surface area (Å²) in [6.07, 6.45) is 2.58. The number of aliphatic imine (C=N–C) groups is 1. The van der Waals surface area contributed by atoms with Gasteiger partial charge >= 0.3 is 0 Å². The summed E-state index contributed by atoms with van der Waals surface area (Å²) in [4.78, 5) is 16.3. The third-order valence-corrected chi connectivity index (χ3v) is 4.75. The van der Waals surface area contributed by atoms with Gasteiger partial charge in [0.1, 0.15) is 0 Å². The highest BCUT2D eigenvalue weighted by Crippen LogP contribution is 2.20. The zero-order valence-electron chi connectivity index (χ0n) is 17.1. The van der Waals surface area contributed by atoms with E-state index in [2.05, 4.69) is 41.6 Å². The average molecular weight is 518 g/mol. The van der Waals surface area contributed by atoms with E-state index in [0.717, 1.165) is 17.7 Å². The highest BCUT2D eigenvalue weighted by molar-refractivity contribution is 14.0. The third-order valence-electron chi connectivity index (χ3n) is 4.75. The number of benzene rings is 2. The fourth-order valence-electron chi connectivity index (χ4n) is 2.79. The summed E-state index contributed by atoms with van der Waals surface area (Å²) in [5.74, 6) is 0.890. The normalized spacial score (nSPS) is 12.0. The van der Waals surface area contributed by atoms with Crippen LogP contribution in [-0.2, 0) is 6.54 Å². The molecule has 4 N–H and O–H groups in total. The first-order valence-corrected chi connectivity index (χ1v) is 9.66. The van der Waals surface area contributed by atoms with Crippen molar-refractivity contribution in [2.75, 3.05) is 10.6 Å².